The van der Waals surface area contributed by atoms with E-state index in [0.717, 1.165) is 16.4 Å². The van der Waals surface area contributed by atoms with Gasteiger partial charge in [0.2, 0.25) is 5.91 Å². The van der Waals surface area contributed by atoms with Crippen LogP contribution in [0.5, 0.6) is 11.5 Å². The molecule has 1 aliphatic heterocycles. The van der Waals surface area contributed by atoms with E-state index in [9.17, 15) is 17.6 Å². The van der Waals surface area contributed by atoms with E-state index in [1.807, 2.05) is 12.1 Å². The minimum absolute atomic E-state index is 0.0257. The molecule has 32 heavy (non-hydrogen) atoms. The molecule has 166 valence electrons. The Kier molecular flexibility index (Phi) is 6.27. The molecule has 0 bridgehead atoms. The van der Waals surface area contributed by atoms with Gasteiger partial charge < -0.3 is 14.8 Å². The van der Waals surface area contributed by atoms with E-state index in [1.54, 1.807) is 30.3 Å². The summed E-state index contributed by atoms with van der Waals surface area (Å²) in [7, 11) is -4.05. The molecule has 0 spiro atoms. The lowest BCUT2D eigenvalue weighted by atomic mass is 10.2. The Balaban J connectivity index is 1.47. The van der Waals surface area contributed by atoms with Gasteiger partial charge in [-0.15, -0.1) is 0 Å². The molecule has 0 fully saturated rings. The van der Waals surface area contributed by atoms with Crippen LogP contribution in [0.4, 0.5) is 10.1 Å². The number of fused-ring (bicyclic) bond motifs is 1. The van der Waals surface area contributed by atoms with Crippen LogP contribution in [0.1, 0.15) is 0 Å². The molecule has 0 saturated heterocycles. The molecular weight excluding hydrogens is 435 g/mol. The molecule has 7 nitrogen and oxygen atoms in total. The van der Waals surface area contributed by atoms with Gasteiger partial charge in [-0.25, -0.2) is 12.8 Å². The molecule has 4 rings (SSSR count). The van der Waals surface area contributed by atoms with Crippen LogP contribution < -0.4 is 19.1 Å². The summed E-state index contributed by atoms with van der Waals surface area (Å²) in [5, 5.41) is 2.69. The van der Waals surface area contributed by atoms with Crippen LogP contribution >= 0.6 is 0 Å². The molecule has 0 aromatic heterocycles. The summed E-state index contributed by atoms with van der Waals surface area (Å²) in [6.07, 6.45) is -0.418. The number of nitrogens with one attached hydrogen (secondary N) is 1. The normalized spacial score (nSPS) is 15.1. The zero-order chi connectivity index (χ0) is 22.6. The average Bonchev–Trinajstić information content (AvgIpc) is 2.82. The molecular formula is C23H21FN2O5S. The van der Waals surface area contributed by atoms with Crippen molar-refractivity contribution in [1.29, 1.82) is 0 Å². The summed E-state index contributed by atoms with van der Waals surface area (Å²) in [5.41, 5.74) is 0.177. The highest BCUT2D eigenvalue weighted by Gasteiger charge is 2.28. The quantitative estimate of drug-likeness (QED) is 0.591. The highest BCUT2D eigenvalue weighted by molar-refractivity contribution is 7.92. The lowest BCUT2D eigenvalue weighted by molar-refractivity contribution is -0.120. The molecule has 0 saturated carbocycles. The third kappa shape index (κ3) is 4.83. The molecule has 3 aromatic carbocycles. The minimum Gasteiger partial charge on any atom is -0.486 e. The number of hydrogen-bond donors (Lipinski definition) is 1. The first-order valence-electron chi connectivity index (χ1n) is 9.92. The standard InChI is InChI=1S/C23H21FN2O5S/c24-17-10-12-18(13-11-17)26(32(28,29)20-6-2-1-3-7-20)15-23(27)25-14-19-16-30-21-8-4-5-9-22(21)31-19/h1-13,19H,14-16H2,(H,25,27). The van der Waals surface area contributed by atoms with Crippen LogP contribution in [0.2, 0.25) is 0 Å². The third-order valence-electron chi connectivity index (χ3n) is 4.83. The summed E-state index contributed by atoms with van der Waals surface area (Å²) < 4.78 is 52.2. The fraction of sp³-hybridized carbons (Fsp3) is 0.174. The second-order valence-corrected chi connectivity index (χ2v) is 8.97. The Morgan fingerprint density at radius 2 is 1.62 bits per heavy atom. The molecule has 1 atom stereocenters. The Morgan fingerprint density at radius 3 is 2.34 bits per heavy atom. The van der Waals surface area contributed by atoms with E-state index in [1.165, 1.54) is 24.3 Å². The van der Waals surface area contributed by atoms with Gasteiger partial charge in [0.05, 0.1) is 17.1 Å². The number of halogens is 1. The number of nitrogens with zero attached hydrogens (tertiary/aromatic N) is 1. The van der Waals surface area contributed by atoms with Crippen LogP contribution in [0.3, 0.4) is 0 Å². The van der Waals surface area contributed by atoms with Crippen LogP contribution in [0.15, 0.2) is 83.8 Å². The van der Waals surface area contributed by atoms with Gasteiger partial charge in [-0.3, -0.25) is 9.10 Å². The van der Waals surface area contributed by atoms with Crippen molar-refractivity contribution in [3.63, 3.8) is 0 Å². The fourth-order valence-corrected chi connectivity index (χ4v) is 4.66. The third-order valence-corrected chi connectivity index (χ3v) is 6.62. The molecule has 0 aliphatic carbocycles. The minimum atomic E-state index is -4.05. The zero-order valence-electron chi connectivity index (χ0n) is 17.0. The predicted octanol–water partition coefficient (Wildman–Crippen LogP) is 2.98. The number of carbonyl (C=O) groups is 1. The number of benzene rings is 3. The van der Waals surface area contributed by atoms with E-state index in [0.29, 0.717) is 11.5 Å². The summed E-state index contributed by atoms with van der Waals surface area (Å²) >= 11 is 0. The highest BCUT2D eigenvalue weighted by atomic mass is 32.2. The smallest absolute Gasteiger partial charge is 0.264 e. The molecule has 1 amide bonds. The molecule has 1 unspecified atom stereocenters. The van der Waals surface area contributed by atoms with Gasteiger partial charge in [0, 0.05) is 0 Å². The summed E-state index contributed by atoms with van der Waals surface area (Å²) in [4.78, 5) is 12.7. The summed E-state index contributed by atoms with van der Waals surface area (Å²) in [5.74, 6) is 0.172. The van der Waals surface area contributed by atoms with Gasteiger partial charge >= 0.3 is 0 Å². The number of amides is 1. The molecule has 1 aliphatic rings. The Bertz CT molecular complexity index is 1190. The topological polar surface area (TPSA) is 84.9 Å². The van der Waals surface area contributed by atoms with E-state index < -0.39 is 34.4 Å². The zero-order valence-corrected chi connectivity index (χ0v) is 17.8. The maximum absolute atomic E-state index is 13.4. The number of para-hydroxylation sites is 2. The van der Waals surface area contributed by atoms with Gasteiger partial charge in [0.1, 0.15) is 25.1 Å². The first kappa shape index (κ1) is 21.6. The SMILES string of the molecule is O=C(CN(c1ccc(F)cc1)S(=O)(=O)c1ccccc1)NCC1COc2ccccc2O1. The van der Waals surface area contributed by atoms with E-state index in [2.05, 4.69) is 5.32 Å². The maximum atomic E-state index is 13.4. The first-order chi connectivity index (χ1) is 15.4. The van der Waals surface area contributed by atoms with Crippen molar-refractivity contribution in [2.24, 2.45) is 0 Å². The largest absolute Gasteiger partial charge is 0.486 e. The van der Waals surface area contributed by atoms with Gasteiger partial charge in [0.15, 0.2) is 11.5 Å². The summed E-state index contributed by atoms with van der Waals surface area (Å²) in [6.45, 7) is -0.0931. The van der Waals surface area contributed by atoms with E-state index in [4.69, 9.17) is 9.47 Å². The van der Waals surface area contributed by atoms with Crippen molar-refractivity contribution < 1.29 is 27.1 Å². The highest BCUT2D eigenvalue weighted by Crippen LogP contribution is 2.30. The number of carbonyl (C=O) groups excluding carboxylic acids is 1. The molecule has 9 heteroatoms. The monoisotopic (exact) mass is 456 g/mol. The second kappa shape index (κ2) is 9.27. The van der Waals surface area contributed by atoms with Crippen molar-refractivity contribution in [1.82, 2.24) is 5.32 Å². The van der Waals surface area contributed by atoms with E-state index in [-0.39, 0.29) is 23.7 Å². The number of hydrogen-bond acceptors (Lipinski definition) is 5. The first-order valence-corrected chi connectivity index (χ1v) is 11.4. The summed E-state index contributed by atoms with van der Waals surface area (Å²) in [6, 6.07) is 19.9. The molecule has 1 heterocycles. The molecule has 3 aromatic rings. The van der Waals surface area contributed by atoms with Gasteiger partial charge in [-0.05, 0) is 48.5 Å². The number of anilines is 1. The second-order valence-electron chi connectivity index (χ2n) is 7.10. The van der Waals surface area contributed by atoms with Gasteiger partial charge in [-0.1, -0.05) is 30.3 Å². The van der Waals surface area contributed by atoms with Gasteiger partial charge in [-0.2, -0.15) is 0 Å². The Morgan fingerprint density at radius 1 is 0.969 bits per heavy atom. The lowest BCUT2D eigenvalue weighted by Crippen LogP contribution is -2.45. The number of sulfonamides is 1. The van der Waals surface area contributed by atoms with Crippen LogP contribution in [0.25, 0.3) is 0 Å². The molecule has 1 N–H and O–H groups in total. The number of ether oxygens (including phenoxy) is 2. The van der Waals surface area contributed by atoms with E-state index >= 15 is 0 Å². The Hall–Kier alpha value is -3.59. The maximum Gasteiger partial charge on any atom is 0.264 e. The van der Waals surface area contributed by atoms with Crippen molar-refractivity contribution in [2.45, 2.75) is 11.0 Å². The number of rotatable bonds is 7. The van der Waals surface area contributed by atoms with Gasteiger partial charge in [0.25, 0.3) is 10.0 Å². The average molecular weight is 456 g/mol. The van der Waals surface area contributed by atoms with Crippen LogP contribution in [-0.4, -0.2) is 40.1 Å². The van der Waals surface area contributed by atoms with Crippen molar-refractivity contribution in [2.75, 3.05) is 24.0 Å². The lowest BCUT2D eigenvalue weighted by Gasteiger charge is -2.27. The molecule has 0 radical (unpaired) electrons. The van der Waals surface area contributed by atoms with Crippen LogP contribution in [-0.2, 0) is 14.8 Å². The Labute approximate surface area is 185 Å². The van der Waals surface area contributed by atoms with Crippen LogP contribution in [0, 0.1) is 5.82 Å². The van der Waals surface area contributed by atoms with Crippen molar-refractivity contribution in [3.8, 4) is 11.5 Å². The van der Waals surface area contributed by atoms with Crippen molar-refractivity contribution in [3.05, 3.63) is 84.7 Å². The van der Waals surface area contributed by atoms with Crippen molar-refractivity contribution >= 4 is 21.6 Å². The fourth-order valence-electron chi connectivity index (χ4n) is 3.22. The predicted molar refractivity (Wildman–Crippen MR) is 117 cm³/mol.